The van der Waals surface area contributed by atoms with E-state index in [1.807, 2.05) is 16.8 Å². The Balaban J connectivity index is 1.88. The molecular formula is C13H18N4. The van der Waals surface area contributed by atoms with Crippen molar-refractivity contribution in [2.75, 3.05) is 13.6 Å². The molecule has 1 aliphatic heterocycles. The van der Waals surface area contributed by atoms with E-state index < -0.39 is 0 Å². The lowest BCUT2D eigenvalue weighted by Gasteiger charge is -2.17. The van der Waals surface area contributed by atoms with Gasteiger partial charge in [0.25, 0.3) is 0 Å². The summed E-state index contributed by atoms with van der Waals surface area (Å²) in [4.78, 5) is 7.05. The molecule has 4 nitrogen and oxygen atoms in total. The summed E-state index contributed by atoms with van der Waals surface area (Å²) in [5.41, 5.74) is 2.18. The number of likely N-dealkylation sites (tertiary alicyclic amines) is 1. The maximum Gasteiger partial charge on any atom is 0.158 e. The highest BCUT2D eigenvalue weighted by Gasteiger charge is 2.22. The largest absolute Gasteiger partial charge is 0.303 e. The van der Waals surface area contributed by atoms with E-state index in [-0.39, 0.29) is 0 Å². The summed E-state index contributed by atoms with van der Waals surface area (Å²) in [6.07, 6.45) is 5.51. The van der Waals surface area contributed by atoms with Crippen LogP contribution in [-0.4, -0.2) is 39.1 Å². The summed E-state index contributed by atoms with van der Waals surface area (Å²) in [6, 6.07) is 4.71. The number of aryl methyl sites for hydroxylation is 1. The number of rotatable bonds is 2. The lowest BCUT2D eigenvalue weighted by Crippen LogP contribution is -2.27. The van der Waals surface area contributed by atoms with Gasteiger partial charge in [0.05, 0.1) is 0 Å². The molecule has 0 spiro atoms. The first-order valence-electron chi connectivity index (χ1n) is 6.25. The van der Waals surface area contributed by atoms with Crippen molar-refractivity contribution in [2.24, 2.45) is 0 Å². The Labute approximate surface area is 101 Å². The molecule has 17 heavy (non-hydrogen) atoms. The average molecular weight is 230 g/mol. The van der Waals surface area contributed by atoms with Crippen molar-refractivity contribution in [1.82, 2.24) is 19.5 Å². The van der Waals surface area contributed by atoms with Gasteiger partial charge in [-0.1, -0.05) is 6.07 Å². The van der Waals surface area contributed by atoms with Crippen LogP contribution in [0, 0.1) is 6.92 Å². The van der Waals surface area contributed by atoms with Crippen LogP contribution in [0.1, 0.15) is 24.2 Å². The smallest absolute Gasteiger partial charge is 0.158 e. The summed E-state index contributed by atoms with van der Waals surface area (Å²) >= 11 is 0. The molecule has 1 atom stereocenters. The predicted molar refractivity (Wildman–Crippen MR) is 67.1 cm³/mol. The minimum absolute atomic E-state index is 0.618. The lowest BCUT2D eigenvalue weighted by molar-refractivity contribution is 0.306. The molecule has 2 aromatic rings. The number of pyridine rings is 1. The standard InChI is InChI=1S/C13H18N4/c1-10-5-3-8-17-13(10)14-12(15-17)9-11-6-4-7-16(11)2/h3,5,8,11H,4,6-7,9H2,1-2H3. The Hall–Kier alpha value is -1.42. The number of aromatic nitrogens is 3. The molecule has 2 aromatic heterocycles. The number of hydrogen-bond donors (Lipinski definition) is 0. The first-order chi connectivity index (χ1) is 8.24. The Morgan fingerprint density at radius 1 is 1.47 bits per heavy atom. The molecule has 3 heterocycles. The van der Waals surface area contributed by atoms with Gasteiger partial charge in [0.15, 0.2) is 11.5 Å². The van der Waals surface area contributed by atoms with E-state index in [0.717, 1.165) is 17.9 Å². The van der Waals surface area contributed by atoms with Crippen LogP contribution in [0.3, 0.4) is 0 Å². The molecule has 0 N–H and O–H groups in total. The van der Waals surface area contributed by atoms with Crippen LogP contribution < -0.4 is 0 Å². The minimum atomic E-state index is 0.618. The fourth-order valence-electron chi connectivity index (χ4n) is 2.62. The van der Waals surface area contributed by atoms with Crippen molar-refractivity contribution in [2.45, 2.75) is 32.2 Å². The molecule has 1 saturated heterocycles. The molecule has 0 saturated carbocycles. The zero-order valence-electron chi connectivity index (χ0n) is 10.4. The first-order valence-corrected chi connectivity index (χ1v) is 6.25. The summed E-state index contributed by atoms with van der Waals surface area (Å²) in [6.45, 7) is 3.28. The van der Waals surface area contributed by atoms with E-state index in [4.69, 9.17) is 0 Å². The molecule has 0 radical (unpaired) electrons. The molecule has 4 heteroatoms. The van der Waals surface area contributed by atoms with Crippen molar-refractivity contribution in [3.63, 3.8) is 0 Å². The first kappa shape index (κ1) is 10.7. The average Bonchev–Trinajstić information content (AvgIpc) is 2.87. The van der Waals surface area contributed by atoms with E-state index in [0.29, 0.717) is 6.04 Å². The zero-order chi connectivity index (χ0) is 11.8. The predicted octanol–water partition coefficient (Wildman–Crippen LogP) is 1.67. The second-order valence-corrected chi connectivity index (χ2v) is 4.97. The van der Waals surface area contributed by atoms with Gasteiger partial charge in [-0.2, -0.15) is 5.10 Å². The quantitative estimate of drug-likeness (QED) is 0.787. The molecule has 90 valence electrons. The van der Waals surface area contributed by atoms with Crippen LogP contribution in [0.25, 0.3) is 5.65 Å². The Bertz CT molecular complexity index is 531. The van der Waals surface area contributed by atoms with Crippen LogP contribution >= 0.6 is 0 Å². The maximum atomic E-state index is 4.64. The number of fused-ring (bicyclic) bond motifs is 1. The molecule has 0 aromatic carbocycles. The van der Waals surface area contributed by atoms with Crippen molar-refractivity contribution in [1.29, 1.82) is 0 Å². The molecule has 0 aliphatic carbocycles. The zero-order valence-corrected chi connectivity index (χ0v) is 10.4. The third-order valence-electron chi connectivity index (χ3n) is 3.69. The SMILES string of the molecule is Cc1cccn2nc(CC3CCCN3C)nc12. The maximum absolute atomic E-state index is 4.64. The van der Waals surface area contributed by atoms with Gasteiger partial charge in [0.2, 0.25) is 0 Å². The highest BCUT2D eigenvalue weighted by atomic mass is 15.3. The van der Waals surface area contributed by atoms with E-state index in [9.17, 15) is 0 Å². The highest BCUT2D eigenvalue weighted by Crippen LogP contribution is 2.18. The molecular weight excluding hydrogens is 212 g/mol. The van der Waals surface area contributed by atoms with Crippen LogP contribution in [0.4, 0.5) is 0 Å². The second-order valence-electron chi connectivity index (χ2n) is 4.97. The van der Waals surface area contributed by atoms with Crippen molar-refractivity contribution < 1.29 is 0 Å². The number of hydrogen-bond acceptors (Lipinski definition) is 3. The van der Waals surface area contributed by atoms with Crippen LogP contribution in [0.2, 0.25) is 0 Å². The Morgan fingerprint density at radius 3 is 3.06 bits per heavy atom. The van der Waals surface area contributed by atoms with Gasteiger partial charge < -0.3 is 4.90 Å². The van der Waals surface area contributed by atoms with Crippen molar-refractivity contribution in [3.8, 4) is 0 Å². The van der Waals surface area contributed by atoms with Gasteiger partial charge >= 0.3 is 0 Å². The van der Waals surface area contributed by atoms with Crippen LogP contribution in [-0.2, 0) is 6.42 Å². The summed E-state index contributed by atoms with van der Waals surface area (Å²) in [7, 11) is 2.19. The monoisotopic (exact) mass is 230 g/mol. The van der Waals surface area contributed by atoms with Gasteiger partial charge in [-0.05, 0) is 45.0 Å². The van der Waals surface area contributed by atoms with Gasteiger partial charge in [0, 0.05) is 18.7 Å². The highest BCUT2D eigenvalue weighted by molar-refractivity contribution is 5.45. The Kier molecular flexibility index (Phi) is 2.59. The van der Waals surface area contributed by atoms with Crippen LogP contribution in [0.5, 0.6) is 0 Å². The molecule has 3 rings (SSSR count). The van der Waals surface area contributed by atoms with E-state index >= 15 is 0 Å². The number of nitrogens with zero attached hydrogens (tertiary/aromatic N) is 4. The van der Waals surface area contributed by atoms with Gasteiger partial charge in [0.1, 0.15) is 0 Å². The molecule has 1 aliphatic rings. The molecule has 1 unspecified atom stereocenters. The van der Waals surface area contributed by atoms with Gasteiger partial charge in [-0.15, -0.1) is 0 Å². The fourth-order valence-corrected chi connectivity index (χ4v) is 2.62. The molecule has 1 fully saturated rings. The molecule has 0 amide bonds. The Morgan fingerprint density at radius 2 is 2.35 bits per heavy atom. The summed E-state index contributed by atoms with van der Waals surface area (Å²) in [5, 5.41) is 4.55. The normalized spacial score (nSPS) is 21.4. The fraction of sp³-hybridized carbons (Fsp3) is 0.538. The van der Waals surface area contributed by atoms with E-state index in [2.05, 4.69) is 35.0 Å². The number of likely N-dealkylation sites (N-methyl/N-ethyl adjacent to an activating group) is 1. The van der Waals surface area contributed by atoms with Gasteiger partial charge in [-0.25, -0.2) is 9.50 Å². The summed E-state index contributed by atoms with van der Waals surface area (Å²) in [5.74, 6) is 0.970. The summed E-state index contributed by atoms with van der Waals surface area (Å²) < 4.78 is 1.89. The minimum Gasteiger partial charge on any atom is -0.303 e. The third-order valence-corrected chi connectivity index (χ3v) is 3.69. The van der Waals surface area contributed by atoms with E-state index in [1.165, 1.54) is 24.9 Å². The molecule has 0 bridgehead atoms. The van der Waals surface area contributed by atoms with E-state index in [1.54, 1.807) is 0 Å². The van der Waals surface area contributed by atoms with Crippen molar-refractivity contribution >= 4 is 5.65 Å². The van der Waals surface area contributed by atoms with Gasteiger partial charge in [-0.3, -0.25) is 0 Å². The van der Waals surface area contributed by atoms with Crippen molar-refractivity contribution in [3.05, 3.63) is 29.7 Å². The van der Waals surface area contributed by atoms with Crippen LogP contribution in [0.15, 0.2) is 18.3 Å². The second kappa shape index (κ2) is 4.11. The third kappa shape index (κ3) is 1.93. The lowest BCUT2D eigenvalue weighted by atomic mass is 10.1. The topological polar surface area (TPSA) is 33.4 Å².